The molecule has 1 amide bonds. The highest BCUT2D eigenvalue weighted by molar-refractivity contribution is 5.92. The number of hydrogen-bond acceptors (Lipinski definition) is 8. The SMILES string of the molecule is C/C=C(\F)C(=O)N1CC=C(c2ccc3ncnc(Nc4ccc(Oc5ccn6ncnc6c5)c(C)c4)c3n2)CC1. The van der Waals surface area contributed by atoms with Crippen LogP contribution < -0.4 is 10.1 Å². The number of allylic oxidation sites excluding steroid dienone is 1. The number of hydrogen-bond donors (Lipinski definition) is 1. The lowest BCUT2D eigenvalue weighted by atomic mass is 10.0. The fourth-order valence-electron chi connectivity index (χ4n) is 4.54. The maximum Gasteiger partial charge on any atom is 0.282 e. The van der Waals surface area contributed by atoms with Crippen LogP contribution in [0.5, 0.6) is 11.5 Å². The van der Waals surface area contributed by atoms with Crippen LogP contribution in [0.15, 0.2) is 79.3 Å². The van der Waals surface area contributed by atoms with Gasteiger partial charge in [0.05, 0.1) is 11.2 Å². The molecule has 1 aliphatic rings. The summed E-state index contributed by atoms with van der Waals surface area (Å²) >= 11 is 0. The summed E-state index contributed by atoms with van der Waals surface area (Å²) in [6.45, 7) is 4.22. The first-order valence-electron chi connectivity index (χ1n) is 12.8. The van der Waals surface area contributed by atoms with Gasteiger partial charge in [-0.1, -0.05) is 6.08 Å². The van der Waals surface area contributed by atoms with Crippen molar-refractivity contribution in [2.75, 3.05) is 18.4 Å². The third-order valence-corrected chi connectivity index (χ3v) is 6.68. The average molecular weight is 537 g/mol. The van der Waals surface area contributed by atoms with Gasteiger partial charge < -0.3 is 15.0 Å². The summed E-state index contributed by atoms with van der Waals surface area (Å²) in [4.78, 5) is 31.5. The molecule has 6 rings (SSSR count). The molecule has 0 unspecified atom stereocenters. The molecule has 1 aromatic carbocycles. The second-order valence-corrected chi connectivity index (χ2v) is 9.29. The first kappa shape index (κ1) is 25.1. The highest BCUT2D eigenvalue weighted by Crippen LogP contribution is 2.31. The number of carbonyl (C=O) groups is 1. The van der Waals surface area contributed by atoms with Crippen molar-refractivity contribution < 1.29 is 13.9 Å². The van der Waals surface area contributed by atoms with Gasteiger partial charge in [-0.2, -0.15) is 5.10 Å². The minimum absolute atomic E-state index is 0.325. The van der Waals surface area contributed by atoms with Crippen molar-refractivity contribution in [3.05, 3.63) is 90.6 Å². The minimum atomic E-state index is -0.739. The van der Waals surface area contributed by atoms with Crippen molar-refractivity contribution in [1.29, 1.82) is 0 Å². The standard InChI is InChI=1S/C29H25FN8O2/c1-3-22(30)29(39)37-11-8-19(9-12-37)23-5-6-24-27(36-23)28(33-16-31-24)35-20-4-7-25(18(2)14-20)40-21-10-13-38-26(15-21)32-17-34-38/h3-8,10,13-17H,9,11-12H2,1-2H3,(H,31,33,35)/b22-3-. The molecule has 10 nitrogen and oxygen atoms in total. The number of rotatable bonds is 6. The molecule has 0 spiro atoms. The number of aryl methyl sites for hydroxylation is 1. The Morgan fingerprint density at radius 3 is 2.80 bits per heavy atom. The van der Waals surface area contributed by atoms with E-state index in [9.17, 15) is 9.18 Å². The van der Waals surface area contributed by atoms with Gasteiger partial charge in [0, 0.05) is 31.0 Å². The van der Waals surface area contributed by atoms with Crippen molar-refractivity contribution in [2.24, 2.45) is 0 Å². The lowest BCUT2D eigenvalue weighted by molar-refractivity contribution is -0.128. The van der Waals surface area contributed by atoms with E-state index in [-0.39, 0.29) is 0 Å². The van der Waals surface area contributed by atoms with E-state index < -0.39 is 11.7 Å². The van der Waals surface area contributed by atoms with E-state index >= 15 is 0 Å². The molecule has 0 radical (unpaired) electrons. The summed E-state index contributed by atoms with van der Waals surface area (Å²) in [6.07, 6.45) is 8.46. The molecule has 0 saturated heterocycles. The number of aromatic nitrogens is 6. The first-order valence-corrected chi connectivity index (χ1v) is 12.8. The van der Waals surface area contributed by atoms with E-state index in [0.29, 0.717) is 53.5 Å². The topological polar surface area (TPSA) is 110 Å². The van der Waals surface area contributed by atoms with Gasteiger partial charge in [0.25, 0.3) is 5.91 Å². The van der Waals surface area contributed by atoms with Gasteiger partial charge in [-0.15, -0.1) is 0 Å². The maximum atomic E-state index is 13.7. The molecule has 0 aliphatic carbocycles. The van der Waals surface area contributed by atoms with Gasteiger partial charge >= 0.3 is 0 Å². The number of amides is 1. The fourth-order valence-corrected chi connectivity index (χ4v) is 4.54. The average Bonchev–Trinajstić information content (AvgIpc) is 3.46. The predicted octanol–water partition coefficient (Wildman–Crippen LogP) is 5.40. The number of nitrogens with zero attached hydrogens (tertiary/aromatic N) is 7. The van der Waals surface area contributed by atoms with Crippen molar-refractivity contribution in [3.8, 4) is 11.5 Å². The van der Waals surface area contributed by atoms with Gasteiger partial charge in [-0.25, -0.2) is 28.8 Å². The third-order valence-electron chi connectivity index (χ3n) is 6.68. The molecular formula is C29H25FN8O2. The predicted molar refractivity (Wildman–Crippen MR) is 149 cm³/mol. The van der Waals surface area contributed by atoms with E-state index in [2.05, 4.69) is 25.4 Å². The molecule has 0 saturated carbocycles. The van der Waals surface area contributed by atoms with Gasteiger partial charge in [0.15, 0.2) is 17.3 Å². The van der Waals surface area contributed by atoms with E-state index in [4.69, 9.17) is 9.72 Å². The molecule has 200 valence electrons. The van der Waals surface area contributed by atoms with Crippen LogP contribution in [0.1, 0.15) is 24.6 Å². The zero-order valence-electron chi connectivity index (χ0n) is 21.9. The van der Waals surface area contributed by atoms with Crippen LogP contribution in [0.2, 0.25) is 0 Å². The zero-order chi connectivity index (χ0) is 27.6. The number of fused-ring (bicyclic) bond motifs is 2. The van der Waals surface area contributed by atoms with Crippen molar-refractivity contribution in [2.45, 2.75) is 20.3 Å². The highest BCUT2D eigenvalue weighted by atomic mass is 19.1. The van der Waals surface area contributed by atoms with Crippen molar-refractivity contribution in [3.63, 3.8) is 0 Å². The molecule has 5 aromatic rings. The van der Waals surface area contributed by atoms with Crippen LogP contribution >= 0.6 is 0 Å². The van der Waals surface area contributed by atoms with Crippen LogP contribution in [0, 0.1) is 6.92 Å². The molecule has 1 aliphatic heterocycles. The Balaban J connectivity index is 1.22. The van der Waals surface area contributed by atoms with Crippen LogP contribution in [-0.4, -0.2) is 53.4 Å². The smallest absolute Gasteiger partial charge is 0.282 e. The quantitative estimate of drug-likeness (QED) is 0.287. The van der Waals surface area contributed by atoms with E-state index in [1.54, 1.807) is 10.7 Å². The number of ether oxygens (including phenoxy) is 1. The summed E-state index contributed by atoms with van der Waals surface area (Å²) in [5.41, 5.74) is 5.54. The second kappa shape index (κ2) is 10.5. The summed E-state index contributed by atoms with van der Waals surface area (Å²) in [5.74, 6) is 0.623. The first-order chi connectivity index (χ1) is 19.5. The normalized spacial score (nSPS) is 13.9. The maximum absolute atomic E-state index is 13.7. The number of nitrogens with one attached hydrogen (secondary N) is 1. The van der Waals surface area contributed by atoms with Crippen LogP contribution in [-0.2, 0) is 4.79 Å². The third kappa shape index (κ3) is 4.96. The molecule has 40 heavy (non-hydrogen) atoms. The Morgan fingerprint density at radius 1 is 1.10 bits per heavy atom. The van der Waals surface area contributed by atoms with Crippen LogP contribution in [0.25, 0.3) is 22.3 Å². The summed E-state index contributed by atoms with van der Waals surface area (Å²) in [7, 11) is 0. The molecule has 11 heteroatoms. The number of halogens is 1. The number of pyridine rings is 2. The Kier molecular flexibility index (Phi) is 6.61. The Hall–Kier alpha value is -5.19. The summed E-state index contributed by atoms with van der Waals surface area (Å²) < 4.78 is 21.5. The van der Waals surface area contributed by atoms with Gasteiger partial charge in [-0.3, -0.25) is 4.79 Å². The Morgan fingerprint density at radius 2 is 2.00 bits per heavy atom. The van der Waals surface area contributed by atoms with Crippen molar-refractivity contribution in [1.82, 2.24) is 34.4 Å². The van der Waals surface area contributed by atoms with Gasteiger partial charge in [0.1, 0.15) is 29.7 Å². The zero-order valence-corrected chi connectivity index (χ0v) is 21.9. The van der Waals surface area contributed by atoms with Crippen LogP contribution in [0.3, 0.4) is 0 Å². The van der Waals surface area contributed by atoms with Gasteiger partial charge in [-0.05, 0) is 73.9 Å². The molecule has 1 N–H and O–H groups in total. The Labute approximate surface area is 228 Å². The van der Waals surface area contributed by atoms with E-state index in [0.717, 1.165) is 22.5 Å². The summed E-state index contributed by atoms with van der Waals surface area (Å²) in [5, 5.41) is 7.46. The molecular weight excluding hydrogens is 511 g/mol. The lowest BCUT2D eigenvalue weighted by Gasteiger charge is -2.25. The molecule has 4 aromatic heterocycles. The number of benzene rings is 1. The largest absolute Gasteiger partial charge is 0.457 e. The lowest BCUT2D eigenvalue weighted by Crippen LogP contribution is -2.34. The molecule has 0 bridgehead atoms. The second-order valence-electron chi connectivity index (χ2n) is 9.29. The van der Waals surface area contributed by atoms with E-state index in [1.807, 2.05) is 55.5 Å². The molecule has 0 fully saturated rings. The Bertz CT molecular complexity index is 1810. The van der Waals surface area contributed by atoms with Crippen molar-refractivity contribution >= 4 is 39.7 Å². The fraction of sp³-hybridized carbons (Fsp3) is 0.172. The van der Waals surface area contributed by atoms with E-state index in [1.165, 1.54) is 30.6 Å². The monoisotopic (exact) mass is 536 g/mol. The summed E-state index contributed by atoms with van der Waals surface area (Å²) in [6, 6.07) is 13.2. The highest BCUT2D eigenvalue weighted by Gasteiger charge is 2.21. The van der Waals surface area contributed by atoms with Crippen LogP contribution in [0.4, 0.5) is 15.9 Å². The molecule has 0 atom stereocenters. The van der Waals surface area contributed by atoms with Gasteiger partial charge in [0.2, 0.25) is 0 Å². The number of carbonyl (C=O) groups excluding carboxylic acids is 1. The minimum Gasteiger partial charge on any atom is -0.457 e. The molecule has 5 heterocycles. The number of anilines is 2.